The quantitative estimate of drug-likeness (QED) is 0.840. The molecule has 0 saturated carbocycles. The first kappa shape index (κ1) is 16.3. The first-order chi connectivity index (χ1) is 11.9. The van der Waals surface area contributed by atoms with E-state index in [2.05, 4.69) is 34.0 Å². The molecule has 2 aliphatic rings. The summed E-state index contributed by atoms with van der Waals surface area (Å²) < 4.78 is 0. The Morgan fingerprint density at radius 2 is 1.96 bits per heavy atom. The Labute approximate surface area is 150 Å². The maximum atomic E-state index is 12.5. The summed E-state index contributed by atoms with van der Waals surface area (Å²) in [6, 6.07) is 0. The van der Waals surface area contributed by atoms with Gasteiger partial charge >= 0.3 is 0 Å². The van der Waals surface area contributed by atoms with E-state index in [4.69, 9.17) is 4.99 Å². The second-order valence-electron chi connectivity index (χ2n) is 6.96. The van der Waals surface area contributed by atoms with Crippen LogP contribution < -0.4 is 10.2 Å². The van der Waals surface area contributed by atoms with Gasteiger partial charge in [0, 0.05) is 32.1 Å². The van der Waals surface area contributed by atoms with E-state index in [9.17, 15) is 4.79 Å². The van der Waals surface area contributed by atoms with Crippen LogP contribution in [0.25, 0.3) is 10.2 Å². The van der Waals surface area contributed by atoms with Crippen LogP contribution in [0.3, 0.4) is 0 Å². The summed E-state index contributed by atoms with van der Waals surface area (Å²) in [5, 5.41) is 4.05. The maximum absolute atomic E-state index is 12.5. The molecule has 0 unspecified atom stereocenters. The molecule has 1 amide bonds. The highest BCUT2D eigenvalue weighted by atomic mass is 32.1. The van der Waals surface area contributed by atoms with Gasteiger partial charge in [0.15, 0.2) is 0 Å². The topological polar surface area (TPSA) is 73.7 Å². The van der Waals surface area contributed by atoms with Crippen LogP contribution in [-0.4, -0.2) is 59.5 Å². The predicted molar refractivity (Wildman–Crippen MR) is 100 cm³/mol. The first-order valence-corrected chi connectivity index (χ1v) is 9.27. The maximum Gasteiger partial charge on any atom is 0.254 e. The number of amides is 1. The molecule has 8 heteroatoms. The molecule has 2 aromatic heterocycles. The third-order valence-corrected chi connectivity index (χ3v) is 6.34. The highest BCUT2D eigenvalue weighted by Gasteiger charge is 2.46. The number of anilines is 1. The smallest absolute Gasteiger partial charge is 0.254 e. The molecule has 0 atom stereocenters. The Kier molecular flexibility index (Phi) is 3.68. The largest absolute Gasteiger partial charge is 0.356 e. The normalized spacial score (nSPS) is 19.4. The summed E-state index contributed by atoms with van der Waals surface area (Å²) in [5.41, 5.74) is 0.629. The zero-order valence-electron chi connectivity index (χ0n) is 15.0. The Balaban J connectivity index is 1.62. The van der Waals surface area contributed by atoms with Crippen molar-refractivity contribution in [3.63, 3.8) is 0 Å². The van der Waals surface area contributed by atoms with Gasteiger partial charge in [-0.05, 0) is 32.3 Å². The molecule has 4 heterocycles. The number of hydrogen-bond donors (Lipinski definition) is 1. The van der Waals surface area contributed by atoms with Crippen molar-refractivity contribution in [1.29, 1.82) is 0 Å². The number of thiophene rings is 1. The molecule has 0 radical (unpaired) electrons. The zero-order chi connectivity index (χ0) is 17.8. The van der Waals surface area contributed by atoms with Crippen LogP contribution in [-0.2, 0) is 4.79 Å². The molecule has 1 spiro atoms. The standard InChI is InChI=1S/C17H22N6OS/c1-10-11(2)25-14-12(10)13(18-9-19-14)23-7-5-17(6-8-23)15(24)20-16(21-17)22(3)4/h9H,5-8H2,1-4H3,(H,20,21,24). The molecule has 0 aliphatic carbocycles. The Morgan fingerprint density at radius 1 is 1.24 bits per heavy atom. The van der Waals surface area contributed by atoms with E-state index in [0.29, 0.717) is 18.8 Å². The molecular formula is C17H22N6OS. The van der Waals surface area contributed by atoms with Crippen molar-refractivity contribution in [2.75, 3.05) is 32.1 Å². The summed E-state index contributed by atoms with van der Waals surface area (Å²) >= 11 is 1.71. The highest BCUT2D eigenvalue weighted by molar-refractivity contribution is 7.18. The average molecular weight is 358 g/mol. The number of carbonyl (C=O) groups is 1. The van der Waals surface area contributed by atoms with Gasteiger partial charge in [-0.2, -0.15) is 0 Å². The molecule has 1 fully saturated rings. The lowest BCUT2D eigenvalue weighted by molar-refractivity contribution is -0.124. The fourth-order valence-corrected chi connectivity index (χ4v) is 4.53. The molecule has 25 heavy (non-hydrogen) atoms. The minimum absolute atomic E-state index is 0.0197. The van der Waals surface area contributed by atoms with Crippen LogP contribution in [0.2, 0.25) is 0 Å². The summed E-state index contributed by atoms with van der Waals surface area (Å²) in [6.07, 6.45) is 3.04. The predicted octanol–water partition coefficient (Wildman–Crippen LogP) is 1.69. The third-order valence-electron chi connectivity index (χ3n) is 5.23. The second-order valence-corrected chi connectivity index (χ2v) is 8.17. The van der Waals surface area contributed by atoms with Gasteiger partial charge < -0.3 is 9.80 Å². The Morgan fingerprint density at radius 3 is 2.60 bits per heavy atom. The molecule has 0 aromatic carbocycles. The molecule has 4 rings (SSSR count). The van der Waals surface area contributed by atoms with E-state index in [1.807, 2.05) is 19.0 Å². The molecule has 132 valence electrons. The molecule has 2 aromatic rings. The summed E-state index contributed by atoms with van der Waals surface area (Å²) in [7, 11) is 3.79. The number of carbonyl (C=O) groups excluding carboxylic acids is 1. The number of nitrogens with one attached hydrogen (secondary N) is 1. The van der Waals surface area contributed by atoms with Crippen LogP contribution in [0.15, 0.2) is 11.3 Å². The lowest BCUT2D eigenvalue weighted by Gasteiger charge is -2.36. The van der Waals surface area contributed by atoms with Gasteiger partial charge in [0.25, 0.3) is 5.91 Å². The molecular weight excluding hydrogens is 336 g/mol. The van der Waals surface area contributed by atoms with Gasteiger partial charge in [-0.15, -0.1) is 11.3 Å². The number of aliphatic imine (C=N–C) groups is 1. The van der Waals surface area contributed by atoms with Crippen molar-refractivity contribution in [2.24, 2.45) is 4.99 Å². The lowest BCUT2D eigenvalue weighted by Crippen LogP contribution is -2.49. The molecule has 2 aliphatic heterocycles. The minimum Gasteiger partial charge on any atom is -0.356 e. The van der Waals surface area contributed by atoms with Crippen molar-refractivity contribution in [1.82, 2.24) is 20.2 Å². The van der Waals surface area contributed by atoms with Gasteiger partial charge in [-0.3, -0.25) is 10.1 Å². The zero-order valence-corrected chi connectivity index (χ0v) is 15.8. The fourth-order valence-electron chi connectivity index (χ4n) is 3.54. The van der Waals surface area contributed by atoms with E-state index in [1.165, 1.54) is 10.4 Å². The van der Waals surface area contributed by atoms with Crippen molar-refractivity contribution >= 4 is 39.2 Å². The number of hydrogen-bond acceptors (Lipinski definition) is 7. The van der Waals surface area contributed by atoms with E-state index >= 15 is 0 Å². The molecule has 1 N–H and O–H groups in total. The van der Waals surface area contributed by atoms with E-state index in [-0.39, 0.29) is 5.91 Å². The van der Waals surface area contributed by atoms with Crippen LogP contribution in [0.1, 0.15) is 23.3 Å². The van der Waals surface area contributed by atoms with Crippen molar-refractivity contribution in [3.8, 4) is 0 Å². The van der Waals surface area contributed by atoms with Gasteiger partial charge in [0.2, 0.25) is 5.96 Å². The number of piperidine rings is 1. The molecule has 7 nitrogen and oxygen atoms in total. The first-order valence-electron chi connectivity index (χ1n) is 8.45. The van der Waals surface area contributed by atoms with Crippen LogP contribution in [0.4, 0.5) is 5.82 Å². The Bertz CT molecular complexity index is 879. The summed E-state index contributed by atoms with van der Waals surface area (Å²) in [4.78, 5) is 32.6. The van der Waals surface area contributed by atoms with E-state index in [0.717, 1.165) is 29.1 Å². The summed E-state index contributed by atoms with van der Waals surface area (Å²) in [5.74, 6) is 1.66. The van der Waals surface area contributed by atoms with Gasteiger partial charge in [0.1, 0.15) is 22.5 Å². The molecule has 0 bridgehead atoms. The monoisotopic (exact) mass is 358 g/mol. The number of aromatic nitrogens is 2. The number of rotatable bonds is 1. The number of nitrogens with zero attached hydrogens (tertiary/aromatic N) is 5. The Hall–Kier alpha value is -2.22. The minimum atomic E-state index is -0.623. The van der Waals surface area contributed by atoms with Gasteiger partial charge in [0.05, 0.1) is 5.39 Å². The average Bonchev–Trinajstić information content (AvgIpc) is 3.06. The van der Waals surface area contributed by atoms with E-state index in [1.54, 1.807) is 17.7 Å². The number of aryl methyl sites for hydroxylation is 2. The van der Waals surface area contributed by atoms with Crippen LogP contribution in [0.5, 0.6) is 0 Å². The van der Waals surface area contributed by atoms with Crippen molar-refractivity contribution < 1.29 is 4.79 Å². The number of fused-ring (bicyclic) bond motifs is 1. The van der Waals surface area contributed by atoms with Gasteiger partial charge in [-0.25, -0.2) is 15.0 Å². The SMILES string of the molecule is Cc1sc2ncnc(N3CCC4(CC3)N=C(N(C)C)NC4=O)c2c1C. The molecule has 1 saturated heterocycles. The number of guanidine groups is 1. The van der Waals surface area contributed by atoms with E-state index < -0.39 is 5.54 Å². The fraction of sp³-hybridized carbons (Fsp3) is 0.529. The lowest BCUT2D eigenvalue weighted by atomic mass is 9.88. The summed E-state index contributed by atoms with van der Waals surface area (Å²) in [6.45, 7) is 5.78. The second kappa shape index (κ2) is 5.66. The third kappa shape index (κ3) is 2.47. The van der Waals surface area contributed by atoms with Crippen molar-refractivity contribution in [2.45, 2.75) is 32.2 Å². The van der Waals surface area contributed by atoms with Crippen LogP contribution in [0, 0.1) is 13.8 Å². The highest BCUT2D eigenvalue weighted by Crippen LogP contribution is 2.37. The van der Waals surface area contributed by atoms with Gasteiger partial charge in [-0.1, -0.05) is 0 Å². The van der Waals surface area contributed by atoms with Crippen LogP contribution >= 0.6 is 11.3 Å². The van der Waals surface area contributed by atoms with Crippen molar-refractivity contribution in [3.05, 3.63) is 16.8 Å².